The van der Waals surface area contributed by atoms with Gasteiger partial charge < -0.3 is 14.5 Å². The summed E-state index contributed by atoms with van der Waals surface area (Å²) in [6, 6.07) is 1.15. The summed E-state index contributed by atoms with van der Waals surface area (Å²) in [5.74, 6) is -3.58. The first-order valence-electron chi connectivity index (χ1n) is 9.54. The van der Waals surface area contributed by atoms with Gasteiger partial charge in [0.2, 0.25) is 0 Å². The number of rotatable bonds is 9. The molecule has 0 amide bonds. The number of alkyl halides is 12. The molecule has 208 valence electrons. The van der Waals surface area contributed by atoms with E-state index >= 15 is 0 Å². The average molecular weight is 570 g/mol. The number of anilines is 1. The third kappa shape index (κ3) is 6.46. The Hall–Kier alpha value is -4.00. The van der Waals surface area contributed by atoms with Crippen molar-refractivity contribution < 1.29 is 62.2 Å². The molecule has 2 atom stereocenters. The zero-order chi connectivity index (χ0) is 28.5. The fourth-order valence-electron chi connectivity index (χ4n) is 2.56. The fraction of sp³-hybridized carbons (Fsp3) is 0.333. The van der Waals surface area contributed by atoms with Crippen LogP contribution in [0.5, 0.6) is 11.5 Å². The van der Waals surface area contributed by atoms with Gasteiger partial charge in [0.1, 0.15) is 11.8 Å². The molecule has 0 bridgehead atoms. The van der Waals surface area contributed by atoms with Gasteiger partial charge in [-0.3, -0.25) is 5.43 Å². The lowest BCUT2D eigenvalue weighted by molar-refractivity contribution is -0.312. The minimum absolute atomic E-state index is 0.0120. The van der Waals surface area contributed by atoms with Gasteiger partial charge >= 0.3 is 24.6 Å². The van der Waals surface area contributed by atoms with Gasteiger partial charge in [0.25, 0.3) is 12.3 Å². The number of aromatic nitrogens is 4. The molecule has 2 aromatic heterocycles. The molecule has 0 spiro atoms. The molecule has 0 aliphatic rings. The highest BCUT2D eigenvalue weighted by Crippen LogP contribution is 2.43. The van der Waals surface area contributed by atoms with Crippen LogP contribution in [-0.4, -0.2) is 63.1 Å². The molecule has 3 rings (SSSR count). The molecule has 3 aromatic rings. The van der Waals surface area contributed by atoms with E-state index < -0.39 is 54.0 Å². The number of benzene rings is 1. The van der Waals surface area contributed by atoms with E-state index in [0.717, 1.165) is 12.5 Å². The summed E-state index contributed by atoms with van der Waals surface area (Å²) >= 11 is 0. The first-order valence-corrected chi connectivity index (χ1v) is 9.54. The summed E-state index contributed by atoms with van der Waals surface area (Å²) in [4.78, 5) is 14.1. The quantitative estimate of drug-likeness (QED) is 0.199. The summed E-state index contributed by atoms with van der Waals surface area (Å²) in [5.41, 5.74) is 2.34. The Morgan fingerprint density at radius 2 is 1.39 bits per heavy atom. The van der Waals surface area contributed by atoms with Gasteiger partial charge in [-0.2, -0.15) is 49.0 Å². The van der Waals surface area contributed by atoms with E-state index in [0.29, 0.717) is 6.07 Å². The van der Waals surface area contributed by atoms with Crippen molar-refractivity contribution in [2.45, 2.75) is 36.9 Å². The lowest BCUT2D eigenvalue weighted by Gasteiger charge is -2.27. The molecule has 0 aliphatic carbocycles. The Balaban J connectivity index is 1.94. The van der Waals surface area contributed by atoms with E-state index in [1.165, 1.54) is 6.33 Å². The highest BCUT2D eigenvalue weighted by Gasteiger charge is 2.61. The van der Waals surface area contributed by atoms with E-state index in [2.05, 4.69) is 39.9 Å². The highest BCUT2D eigenvalue weighted by atomic mass is 19.4. The SMILES string of the molecule is FC(C(F)(F)F)C(F)(F)Oc1ccc(C=NNc2ncnc3nc[nH]c23)cc1OC(F)(F)C(F)C(F)(F)F. The van der Waals surface area contributed by atoms with Crippen molar-refractivity contribution in [1.82, 2.24) is 19.9 Å². The minimum Gasteiger partial charge on any atom is -0.426 e. The number of imidazole rings is 1. The van der Waals surface area contributed by atoms with Gasteiger partial charge in [-0.05, 0) is 23.8 Å². The van der Waals surface area contributed by atoms with E-state index in [4.69, 9.17) is 0 Å². The lowest BCUT2D eigenvalue weighted by Crippen LogP contribution is -2.47. The van der Waals surface area contributed by atoms with Crippen LogP contribution in [0.25, 0.3) is 11.2 Å². The summed E-state index contributed by atoms with van der Waals surface area (Å²) in [5, 5.41) is 3.61. The number of aromatic amines is 1. The van der Waals surface area contributed by atoms with E-state index in [1.807, 2.05) is 0 Å². The monoisotopic (exact) mass is 570 g/mol. The second-order valence-electron chi connectivity index (χ2n) is 7.04. The molecule has 2 heterocycles. The van der Waals surface area contributed by atoms with E-state index in [1.54, 1.807) is 0 Å². The molecule has 2 unspecified atom stereocenters. The topological polar surface area (TPSA) is 97.3 Å². The fourth-order valence-corrected chi connectivity index (χ4v) is 2.56. The number of hydrogen-bond acceptors (Lipinski definition) is 7. The molecule has 20 heteroatoms. The van der Waals surface area contributed by atoms with Crippen LogP contribution in [0.15, 0.2) is 36.0 Å². The van der Waals surface area contributed by atoms with Gasteiger partial charge in [-0.15, -0.1) is 0 Å². The van der Waals surface area contributed by atoms with Crippen LogP contribution in [0.2, 0.25) is 0 Å². The molecular formula is C18H10F12N6O2. The number of hydrazone groups is 1. The standard InChI is InChI=1S/C18H10F12N6O2/c19-13(15(21,22)23)17(27,28)37-8-2-1-7(3-9(8)38-18(29,30)14(20)16(24,25)26)4-35-36-12-10-11(32-5-31-10)33-6-34-12/h1-6,13-14H,(H2,31,32,33,34,36). The van der Waals surface area contributed by atoms with Crippen LogP contribution in [-0.2, 0) is 0 Å². The third-order valence-electron chi connectivity index (χ3n) is 4.23. The maximum Gasteiger partial charge on any atom is 0.439 e. The lowest BCUT2D eigenvalue weighted by atomic mass is 10.2. The van der Waals surface area contributed by atoms with Crippen LogP contribution in [0.3, 0.4) is 0 Å². The average Bonchev–Trinajstić information content (AvgIpc) is 3.28. The number of ether oxygens (including phenoxy) is 2. The maximum absolute atomic E-state index is 13.8. The Morgan fingerprint density at radius 3 is 1.97 bits per heavy atom. The molecule has 1 aromatic carbocycles. The normalized spacial score (nSPS) is 15.1. The molecule has 2 N–H and O–H groups in total. The van der Waals surface area contributed by atoms with Crippen molar-refractivity contribution in [2.75, 3.05) is 5.43 Å². The van der Waals surface area contributed by atoms with Crippen molar-refractivity contribution >= 4 is 23.2 Å². The van der Waals surface area contributed by atoms with Crippen LogP contribution >= 0.6 is 0 Å². The Kier molecular flexibility index (Phi) is 7.55. The summed E-state index contributed by atoms with van der Waals surface area (Å²) < 4.78 is 163. The summed E-state index contributed by atoms with van der Waals surface area (Å²) in [6.45, 7) is 0. The summed E-state index contributed by atoms with van der Waals surface area (Å²) in [7, 11) is 0. The van der Waals surface area contributed by atoms with Crippen molar-refractivity contribution in [3.05, 3.63) is 36.4 Å². The Labute approximate surface area is 201 Å². The molecule has 8 nitrogen and oxygen atoms in total. The van der Waals surface area contributed by atoms with Gasteiger partial charge in [0.15, 0.2) is 23.0 Å². The van der Waals surface area contributed by atoms with Gasteiger partial charge in [-0.1, -0.05) is 0 Å². The van der Waals surface area contributed by atoms with Gasteiger partial charge in [0, 0.05) is 0 Å². The number of H-pyrrole nitrogens is 1. The zero-order valence-electron chi connectivity index (χ0n) is 17.8. The number of nitrogens with one attached hydrogen (secondary N) is 2. The van der Waals surface area contributed by atoms with Crippen LogP contribution in [0, 0.1) is 0 Å². The number of hydrogen-bond donors (Lipinski definition) is 2. The third-order valence-corrected chi connectivity index (χ3v) is 4.23. The largest absolute Gasteiger partial charge is 0.439 e. The van der Waals surface area contributed by atoms with Gasteiger partial charge in [-0.25, -0.2) is 23.7 Å². The molecule has 0 saturated carbocycles. The van der Waals surface area contributed by atoms with Crippen molar-refractivity contribution in [1.29, 1.82) is 0 Å². The molecule has 0 aliphatic heterocycles. The smallest absolute Gasteiger partial charge is 0.426 e. The van der Waals surface area contributed by atoms with Crippen LogP contribution in [0.4, 0.5) is 58.5 Å². The molecular weight excluding hydrogens is 560 g/mol. The number of fused-ring (bicyclic) bond motifs is 1. The summed E-state index contributed by atoms with van der Waals surface area (Å²) in [6.07, 6.45) is -30.9. The van der Waals surface area contributed by atoms with Crippen molar-refractivity contribution in [3.63, 3.8) is 0 Å². The van der Waals surface area contributed by atoms with Crippen molar-refractivity contribution in [2.24, 2.45) is 5.10 Å². The molecule has 0 saturated heterocycles. The second-order valence-corrected chi connectivity index (χ2v) is 7.04. The zero-order valence-corrected chi connectivity index (χ0v) is 17.8. The Bertz CT molecular complexity index is 1290. The van der Waals surface area contributed by atoms with E-state index in [9.17, 15) is 52.7 Å². The maximum atomic E-state index is 13.8. The Morgan fingerprint density at radius 1 is 0.816 bits per heavy atom. The molecule has 0 fully saturated rings. The van der Waals surface area contributed by atoms with Crippen molar-refractivity contribution in [3.8, 4) is 11.5 Å². The highest BCUT2D eigenvalue weighted by molar-refractivity contribution is 5.84. The minimum atomic E-state index is -6.20. The second kappa shape index (κ2) is 10.0. The molecule has 38 heavy (non-hydrogen) atoms. The number of nitrogens with zero attached hydrogens (tertiary/aromatic N) is 4. The van der Waals surface area contributed by atoms with E-state index in [-0.39, 0.29) is 29.1 Å². The predicted molar refractivity (Wildman–Crippen MR) is 102 cm³/mol. The molecule has 0 radical (unpaired) electrons. The first-order chi connectivity index (χ1) is 17.4. The predicted octanol–water partition coefficient (Wildman–Crippen LogP) is 5.54. The van der Waals surface area contributed by atoms with Crippen LogP contribution < -0.4 is 14.9 Å². The number of halogens is 12. The first kappa shape index (κ1) is 28.6. The van der Waals surface area contributed by atoms with Gasteiger partial charge in [0.05, 0.1) is 12.5 Å². The van der Waals surface area contributed by atoms with Crippen LogP contribution in [0.1, 0.15) is 5.56 Å².